The topological polar surface area (TPSA) is 58.2 Å². The van der Waals surface area contributed by atoms with Gasteiger partial charge in [-0.2, -0.15) is 0 Å². The monoisotopic (exact) mass is 306 g/mol. The lowest BCUT2D eigenvalue weighted by atomic mass is 9.78. The van der Waals surface area contributed by atoms with E-state index in [4.69, 9.17) is 0 Å². The van der Waals surface area contributed by atoms with Gasteiger partial charge < -0.3 is 5.32 Å². The molecule has 1 saturated heterocycles. The molecule has 1 aromatic rings. The first kappa shape index (κ1) is 13.3. The van der Waals surface area contributed by atoms with E-state index in [0.717, 1.165) is 24.2 Å². The summed E-state index contributed by atoms with van der Waals surface area (Å²) in [4.78, 5) is 25.2. The first-order valence-corrected chi connectivity index (χ1v) is 8.20. The van der Waals surface area contributed by atoms with E-state index in [1.807, 2.05) is 36.4 Å². The van der Waals surface area contributed by atoms with Gasteiger partial charge in [-0.25, -0.2) is 0 Å². The quantitative estimate of drug-likeness (QED) is 0.644. The summed E-state index contributed by atoms with van der Waals surface area (Å²) in [6, 6.07) is 9.16. The van der Waals surface area contributed by atoms with Crippen molar-refractivity contribution in [2.24, 2.45) is 11.3 Å². The highest BCUT2D eigenvalue weighted by atomic mass is 16.1. The summed E-state index contributed by atoms with van der Waals surface area (Å²) in [5.74, 6) is 0.490. The largest absolute Gasteiger partial charge is 0.386 e. The predicted molar refractivity (Wildman–Crippen MR) is 85.8 cm³/mol. The minimum Gasteiger partial charge on any atom is -0.386 e. The molecule has 2 fully saturated rings. The van der Waals surface area contributed by atoms with Crippen molar-refractivity contribution in [1.29, 1.82) is 0 Å². The Morgan fingerprint density at radius 2 is 2.04 bits per heavy atom. The zero-order chi connectivity index (χ0) is 15.8. The summed E-state index contributed by atoms with van der Waals surface area (Å²) in [6.45, 7) is 2.84. The molecule has 1 spiro atoms. The third kappa shape index (κ3) is 1.49. The minimum absolute atomic E-state index is 0.0777. The number of rotatable bonds is 2. The molecule has 5 rings (SSSR count). The maximum Gasteiger partial charge on any atom is 0.183 e. The Morgan fingerprint density at radius 1 is 1.26 bits per heavy atom. The van der Waals surface area contributed by atoms with Crippen LogP contribution in [0.4, 0.5) is 0 Å². The molecule has 23 heavy (non-hydrogen) atoms. The zero-order valence-corrected chi connectivity index (χ0v) is 12.9. The number of Topliss-reactive ketones (excluding diaryl/α,β-unsaturated/α-hetero) is 2. The van der Waals surface area contributed by atoms with Crippen molar-refractivity contribution in [3.05, 3.63) is 58.8 Å². The molecule has 4 heteroatoms. The van der Waals surface area contributed by atoms with Gasteiger partial charge in [0.25, 0.3) is 0 Å². The van der Waals surface area contributed by atoms with Crippen LogP contribution in [0.3, 0.4) is 0 Å². The van der Waals surface area contributed by atoms with Crippen LogP contribution in [-0.2, 0) is 4.79 Å². The number of ketones is 2. The molecule has 4 aliphatic rings. The fourth-order valence-electron chi connectivity index (χ4n) is 4.79. The molecule has 0 bridgehead atoms. The van der Waals surface area contributed by atoms with Crippen molar-refractivity contribution in [3.63, 3.8) is 0 Å². The lowest BCUT2D eigenvalue weighted by Gasteiger charge is -2.30. The second-order valence-electron chi connectivity index (χ2n) is 7.01. The molecule has 4 unspecified atom stereocenters. The van der Waals surface area contributed by atoms with Crippen LogP contribution in [0.15, 0.2) is 53.3 Å². The summed E-state index contributed by atoms with van der Waals surface area (Å²) in [6.07, 6.45) is 2.89. The van der Waals surface area contributed by atoms with Crippen LogP contribution in [0.1, 0.15) is 23.7 Å². The van der Waals surface area contributed by atoms with Crippen LogP contribution in [-0.4, -0.2) is 30.2 Å². The average molecular weight is 306 g/mol. The summed E-state index contributed by atoms with van der Waals surface area (Å²) < 4.78 is 0. The van der Waals surface area contributed by atoms with E-state index >= 15 is 0 Å². The molecule has 2 N–H and O–H groups in total. The molecule has 0 radical (unpaired) electrons. The molecule has 116 valence electrons. The Morgan fingerprint density at radius 3 is 2.78 bits per heavy atom. The number of benzene rings is 1. The van der Waals surface area contributed by atoms with Crippen LogP contribution < -0.4 is 10.6 Å². The van der Waals surface area contributed by atoms with Crippen LogP contribution >= 0.6 is 0 Å². The number of hydrogen-bond donors (Lipinski definition) is 2. The maximum absolute atomic E-state index is 12.7. The lowest BCUT2D eigenvalue weighted by Crippen LogP contribution is -2.41. The first-order valence-electron chi connectivity index (χ1n) is 8.20. The van der Waals surface area contributed by atoms with Crippen molar-refractivity contribution in [2.75, 3.05) is 6.54 Å². The summed E-state index contributed by atoms with van der Waals surface area (Å²) in [5, 5.41) is 6.87. The summed E-state index contributed by atoms with van der Waals surface area (Å²) in [7, 11) is 0. The van der Waals surface area contributed by atoms with Gasteiger partial charge in [0.2, 0.25) is 0 Å². The highest BCUT2D eigenvalue weighted by Gasteiger charge is 2.74. The number of fused-ring (bicyclic) bond motifs is 1. The van der Waals surface area contributed by atoms with E-state index in [0.29, 0.717) is 11.3 Å². The van der Waals surface area contributed by atoms with Gasteiger partial charge in [-0.1, -0.05) is 42.0 Å². The lowest BCUT2D eigenvalue weighted by molar-refractivity contribution is -0.113. The normalized spacial score (nSPS) is 36.8. The van der Waals surface area contributed by atoms with Crippen molar-refractivity contribution in [3.8, 4) is 0 Å². The van der Waals surface area contributed by atoms with Gasteiger partial charge in [0.1, 0.15) is 5.41 Å². The standard InChI is InChI=1S/C19H18N2O2/c1-10-7-14-12(19-13(18(19)23)9-20-17(10)19)8-15(21-14)16(22)11-5-3-2-4-6-11/h2-6,8,13-15,20-21H,7,9H2,1H3. The van der Waals surface area contributed by atoms with E-state index < -0.39 is 5.41 Å². The third-order valence-corrected chi connectivity index (χ3v) is 5.86. The Bertz CT molecular complexity index is 808. The second kappa shape index (κ2) is 4.20. The van der Waals surface area contributed by atoms with Crippen molar-refractivity contribution in [1.82, 2.24) is 10.6 Å². The highest BCUT2D eigenvalue weighted by Crippen LogP contribution is 2.65. The maximum atomic E-state index is 12.7. The molecule has 1 aromatic carbocycles. The number of nitrogens with one attached hydrogen (secondary N) is 2. The van der Waals surface area contributed by atoms with Gasteiger partial charge in [0.05, 0.1) is 12.0 Å². The highest BCUT2D eigenvalue weighted by molar-refractivity contribution is 6.12. The van der Waals surface area contributed by atoms with Crippen molar-refractivity contribution >= 4 is 11.6 Å². The molecule has 4 nitrogen and oxygen atoms in total. The molecule has 0 amide bonds. The van der Waals surface area contributed by atoms with E-state index in [-0.39, 0.29) is 23.8 Å². The van der Waals surface area contributed by atoms with Crippen molar-refractivity contribution < 1.29 is 9.59 Å². The predicted octanol–water partition coefficient (Wildman–Crippen LogP) is 1.60. The molecular formula is C19H18N2O2. The molecule has 1 saturated carbocycles. The first-order chi connectivity index (χ1) is 11.1. The average Bonchev–Trinajstić information content (AvgIpc) is 2.95. The SMILES string of the molecule is CC1=C2NCC3C(=O)C23C2=CC(C(=O)c3ccccc3)NC2C1. The molecule has 2 heterocycles. The van der Waals surface area contributed by atoms with Gasteiger partial charge >= 0.3 is 0 Å². The number of carbonyl (C=O) groups excluding carboxylic acids is 2. The van der Waals surface area contributed by atoms with Gasteiger partial charge in [-0.15, -0.1) is 0 Å². The van der Waals surface area contributed by atoms with Gasteiger partial charge in [-0.05, 0) is 18.9 Å². The van der Waals surface area contributed by atoms with E-state index in [2.05, 4.69) is 17.6 Å². The summed E-state index contributed by atoms with van der Waals surface area (Å²) >= 11 is 0. The minimum atomic E-state index is -0.425. The van der Waals surface area contributed by atoms with Crippen LogP contribution in [0.5, 0.6) is 0 Å². The van der Waals surface area contributed by atoms with E-state index in [1.165, 1.54) is 5.57 Å². The molecule has 2 aliphatic heterocycles. The van der Waals surface area contributed by atoms with Gasteiger partial charge in [0.15, 0.2) is 11.6 Å². The number of piperidine rings is 1. The van der Waals surface area contributed by atoms with Crippen LogP contribution in [0.25, 0.3) is 0 Å². The Labute approximate surface area is 134 Å². The second-order valence-corrected chi connectivity index (χ2v) is 7.01. The third-order valence-electron chi connectivity index (χ3n) is 5.86. The van der Waals surface area contributed by atoms with Crippen LogP contribution in [0.2, 0.25) is 0 Å². The van der Waals surface area contributed by atoms with E-state index in [1.54, 1.807) is 0 Å². The number of allylic oxidation sites excluding steroid dienone is 1. The number of hydrogen-bond acceptors (Lipinski definition) is 4. The van der Waals surface area contributed by atoms with Gasteiger partial charge in [0, 0.05) is 23.8 Å². The molecule has 0 aromatic heterocycles. The van der Waals surface area contributed by atoms with Gasteiger partial charge in [-0.3, -0.25) is 14.9 Å². The smallest absolute Gasteiger partial charge is 0.183 e. The van der Waals surface area contributed by atoms with Crippen molar-refractivity contribution in [2.45, 2.75) is 25.4 Å². The molecule has 4 atom stereocenters. The molecular weight excluding hydrogens is 288 g/mol. The number of carbonyl (C=O) groups is 2. The van der Waals surface area contributed by atoms with E-state index in [9.17, 15) is 9.59 Å². The van der Waals surface area contributed by atoms with Crippen LogP contribution in [0, 0.1) is 11.3 Å². The Hall–Kier alpha value is -2.20. The fraction of sp³-hybridized carbons (Fsp3) is 0.368. The Kier molecular flexibility index (Phi) is 2.42. The molecule has 2 aliphatic carbocycles. The summed E-state index contributed by atoms with van der Waals surface area (Å²) in [5.41, 5.74) is 3.79. The zero-order valence-electron chi connectivity index (χ0n) is 12.9. The fourth-order valence-corrected chi connectivity index (χ4v) is 4.79. The Balaban J connectivity index is 1.54.